The van der Waals surface area contributed by atoms with Gasteiger partial charge in [-0.15, -0.1) is 16.1 Å². The molecule has 1 aliphatic rings. The molecule has 1 aliphatic heterocycles. The molecule has 0 saturated carbocycles. The van der Waals surface area contributed by atoms with E-state index in [-0.39, 0.29) is 13.4 Å². The lowest BCUT2D eigenvalue weighted by Gasteiger charge is -2.32. The third kappa shape index (κ3) is 6.41. The van der Waals surface area contributed by atoms with Crippen LogP contribution >= 0.6 is 0 Å². The largest absolute Gasteiger partial charge is 0.467 e. The van der Waals surface area contributed by atoms with Gasteiger partial charge in [-0.3, -0.25) is 4.90 Å². The highest BCUT2D eigenvalue weighted by Crippen LogP contribution is 2.32. The number of hydrogen-bond acceptors (Lipinski definition) is 7. The molecule has 1 fully saturated rings. The van der Waals surface area contributed by atoms with E-state index in [1.807, 2.05) is 45.0 Å². The maximum atomic E-state index is 9.20. The van der Waals surface area contributed by atoms with Crippen LogP contribution in [0.25, 0.3) is 11.3 Å². The average molecular weight is 425 g/mol. The molecule has 7 heteroatoms. The minimum atomic E-state index is 0.171. The molecule has 1 unspecified atom stereocenters. The molecule has 7 nitrogen and oxygen atoms in total. The molecule has 1 aromatic carbocycles. The fourth-order valence-corrected chi connectivity index (χ4v) is 3.80. The molecule has 1 aromatic heterocycles. The molecule has 0 spiro atoms. The zero-order chi connectivity index (χ0) is 22.1. The predicted molar refractivity (Wildman–Crippen MR) is 122 cm³/mol. The van der Waals surface area contributed by atoms with Crippen molar-refractivity contribution in [2.45, 2.75) is 39.7 Å². The standard InChI is InChI=1S/C24H32N4O3/c1-4-7-19-9-10-21(22(15-19)31-17-30-5-2)24-18(3)14-23(26-27-24)25-20-8-6-11-28(16-20)12-13-29/h9-10,14-15,20,29H,5-6,8,11-13,16-17H2,1-3H3,(H,25,26). The van der Waals surface area contributed by atoms with Gasteiger partial charge in [0.2, 0.25) is 0 Å². The van der Waals surface area contributed by atoms with Crippen LogP contribution in [0.5, 0.6) is 5.75 Å². The van der Waals surface area contributed by atoms with E-state index >= 15 is 0 Å². The molecule has 2 heterocycles. The zero-order valence-corrected chi connectivity index (χ0v) is 18.6. The van der Waals surface area contributed by atoms with Gasteiger partial charge in [-0.2, -0.15) is 0 Å². The Hall–Kier alpha value is -2.66. The molecule has 1 atom stereocenters. The first kappa shape index (κ1) is 23.0. The first-order valence-corrected chi connectivity index (χ1v) is 10.9. The van der Waals surface area contributed by atoms with Gasteiger partial charge in [0.15, 0.2) is 6.79 Å². The van der Waals surface area contributed by atoms with Crippen molar-refractivity contribution < 1.29 is 14.6 Å². The summed E-state index contributed by atoms with van der Waals surface area (Å²) in [5.74, 6) is 7.42. The lowest BCUT2D eigenvalue weighted by Crippen LogP contribution is -2.43. The number of ether oxygens (including phenoxy) is 2. The van der Waals surface area contributed by atoms with Crippen LogP contribution in [0.2, 0.25) is 0 Å². The molecule has 31 heavy (non-hydrogen) atoms. The number of aliphatic hydroxyl groups excluding tert-OH is 1. The SMILES string of the molecule is CC#Cc1ccc(-c2nnc(NC3CCCN(CCO)C3)cc2C)c(OCOCC)c1. The fourth-order valence-electron chi connectivity index (χ4n) is 3.80. The number of piperidine rings is 1. The Morgan fingerprint density at radius 1 is 1.29 bits per heavy atom. The van der Waals surface area contributed by atoms with E-state index in [2.05, 4.69) is 32.3 Å². The van der Waals surface area contributed by atoms with Crippen molar-refractivity contribution >= 4 is 5.82 Å². The summed E-state index contributed by atoms with van der Waals surface area (Å²) >= 11 is 0. The second-order valence-corrected chi connectivity index (χ2v) is 7.61. The van der Waals surface area contributed by atoms with E-state index < -0.39 is 0 Å². The van der Waals surface area contributed by atoms with Crippen molar-refractivity contribution in [1.29, 1.82) is 0 Å². The summed E-state index contributed by atoms with van der Waals surface area (Å²) < 4.78 is 11.2. The quantitative estimate of drug-likeness (QED) is 0.364. The number of nitrogens with zero attached hydrogens (tertiary/aromatic N) is 3. The molecule has 2 N–H and O–H groups in total. The van der Waals surface area contributed by atoms with Gasteiger partial charge in [-0.25, -0.2) is 0 Å². The maximum absolute atomic E-state index is 9.20. The molecular formula is C24H32N4O3. The molecular weight excluding hydrogens is 392 g/mol. The Bertz CT molecular complexity index is 921. The van der Waals surface area contributed by atoms with Gasteiger partial charge < -0.3 is 19.9 Å². The van der Waals surface area contributed by atoms with E-state index in [1.54, 1.807) is 0 Å². The Balaban J connectivity index is 1.79. The number of aromatic nitrogens is 2. The Morgan fingerprint density at radius 2 is 2.16 bits per heavy atom. The van der Waals surface area contributed by atoms with Crippen molar-refractivity contribution in [2.75, 3.05) is 45.0 Å². The molecule has 0 aliphatic carbocycles. The average Bonchev–Trinajstić information content (AvgIpc) is 2.76. The Morgan fingerprint density at radius 3 is 2.90 bits per heavy atom. The van der Waals surface area contributed by atoms with Crippen molar-refractivity contribution in [1.82, 2.24) is 15.1 Å². The Kier molecular flexibility index (Phi) is 8.65. The highest BCUT2D eigenvalue weighted by molar-refractivity contribution is 5.71. The summed E-state index contributed by atoms with van der Waals surface area (Å²) in [5.41, 5.74) is 3.53. The van der Waals surface area contributed by atoms with Crippen LogP contribution in [0.4, 0.5) is 5.82 Å². The Labute approximate surface area is 184 Å². The second kappa shape index (κ2) is 11.7. The number of likely N-dealkylation sites (tertiary alicyclic amines) is 1. The van der Waals surface area contributed by atoms with Crippen LogP contribution < -0.4 is 10.1 Å². The number of hydrogen-bond donors (Lipinski definition) is 2. The number of benzene rings is 1. The molecule has 0 bridgehead atoms. The highest BCUT2D eigenvalue weighted by Gasteiger charge is 2.20. The molecule has 166 valence electrons. The van der Waals surface area contributed by atoms with Crippen molar-refractivity contribution in [2.24, 2.45) is 0 Å². The van der Waals surface area contributed by atoms with Gasteiger partial charge in [0.25, 0.3) is 0 Å². The number of rotatable bonds is 9. The van der Waals surface area contributed by atoms with Gasteiger partial charge in [0.1, 0.15) is 11.6 Å². The van der Waals surface area contributed by atoms with Crippen molar-refractivity contribution in [3.63, 3.8) is 0 Å². The monoisotopic (exact) mass is 424 g/mol. The van der Waals surface area contributed by atoms with E-state index in [9.17, 15) is 5.11 Å². The molecule has 3 rings (SSSR count). The lowest BCUT2D eigenvalue weighted by molar-refractivity contribution is 0.0227. The van der Waals surface area contributed by atoms with Gasteiger partial charge in [-0.1, -0.05) is 5.92 Å². The minimum Gasteiger partial charge on any atom is -0.467 e. The first-order valence-electron chi connectivity index (χ1n) is 10.9. The number of nitrogens with one attached hydrogen (secondary N) is 1. The van der Waals surface area contributed by atoms with Crippen LogP contribution in [0.3, 0.4) is 0 Å². The number of aryl methyl sites for hydroxylation is 1. The summed E-state index contributed by atoms with van der Waals surface area (Å²) in [6, 6.07) is 8.18. The van der Waals surface area contributed by atoms with Crippen molar-refractivity contribution in [3.8, 4) is 28.8 Å². The predicted octanol–water partition coefficient (Wildman–Crippen LogP) is 3.06. The summed E-state index contributed by atoms with van der Waals surface area (Å²) in [5, 5.41) is 21.6. The van der Waals surface area contributed by atoms with Crippen LogP contribution in [-0.4, -0.2) is 65.9 Å². The number of aliphatic hydroxyl groups is 1. The lowest BCUT2D eigenvalue weighted by atomic mass is 10.0. The minimum absolute atomic E-state index is 0.171. The van der Waals surface area contributed by atoms with Crippen LogP contribution in [0, 0.1) is 18.8 Å². The van der Waals surface area contributed by atoms with E-state index in [0.29, 0.717) is 24.9 Å². The summed E-state index contributed by atoms with van der Waals surface area (Å²) in [6.07, 6.45) is 2.19. The molecule has 0 amide bonds. The van der Waals surface area contributed by atoms with Crippen LogP contribution in [-0.2, 0) is 4.74 Å². The molecule has 0 radical (unpaired) electrons. The summed E-state index contributed by atoms with van der Waals surface area (Å²) in [7, 11) is 0. The highest BCUT2D eigenvalue weighted by atomic mass is 16.7. The second-order valence-electron chi connectivity index (χ2n) is 7.61. The van der Waals surface area contributed by atoms with Crippen molar-refractivity contribution in [3.05, 3.63) is 35.4 Å². The van der Waals surface area contributed by atoms with E-state index in [4.69, 9.17) is 9.47 Å². The van der Waals surface area contributed by atoms with Crippen LogP contribution in [0.15, 0.2) is 24.3 Å². The smallest absolute Gasteiger partial charge is 0.189 e. The third-order valence-electron chi connectivity index (χ3n) is 5.27. The normalized spacial score (nSPS) is 16.5. The number of β-amino-alcohol motifs (C(OH)–C–C–N with tert-alkyl or cyclic N) is 1. The summed E-state index contributed by atoms with van der Waals surface area (Å²) in [4.78, 5) is 2.28. The van der Waals surface area contributed by atoms with E-state index in [1.165, 1.54) is 0 Å². The first-order chi connectivity index (χ1) is 15.1. The van der Waals surface area contributed by atoms with Gasteiger partial charge >= 0.3 is 0 Å². The van der Waals surface area contributed by atoms with Crippen LogP contribution in [0.1, 0.15) is 37.8 Å². The third-order valence-corrected chi connectivity index (χ3v) is 5.27. The summed E-state index contributed by atoms with van der Waals surface area (Å²) in [6.45, 7) is 9.36. The fraction of sp³-hybridized carbons (Fsp3) is 0.500. The maximum Gasteiger partial charge on any atom is 0.189 e. The number of anilines is 1. The molecule has 2 aromatic rings. The zero-order valence-electron chi connectivity index (χ0n) is 18.6. The van der Waals surface area contributed by atoms with Gasteiger partial charge in [0, 0.05) is 36.9 Å². The topological polar surface area (TPSA) is 79.7 Å². The van der Waals surface area contributed by atoms with Gasteiger partial charge in [0.05, 0.1) is 12.3 Å². The van der Waals surface area contributed by atoms with E-state index in [0.717, 1.165) is 54.1 Å². The molecule has 1 saturated heterocycles. The van der Waals surface area contributed by atoms with Gasteiger partial charge in [-0.05, 0) is 70.0 Å².